The molecule has 4 heteroatoms. The molecule has 0 aromatic carbocycles. The molecule has 4 nitrogen and oxygen atoms in total. The van der Waals surface area contributed by atoms with Crippen molar-refractivity contribution in [1.29, 1.82) is 0 Å². The predicted octanol–water partition coefficient (Wildman–Crippen LogP) is 2.47. The summed E-state index contributed by atoms with van der Waals surface area (Å²) in [4.78, 5) is 26.8. The van der Waals surface area contributed by atoms with E-state index in [1.807, 2.05) is 18.7 Å². The molecular formula is C15H28N2O2. The second-order valence-electron chi connectivity index (χ2n) is 5.51. The van der Waals surface area contributed by atoms with Crippen LogP contribution in [0.2, 0.25) is 0 Å². The number of nitrogens with zero attached hydrogens (tertiary/aromatic N) is 1. The van der Waals surface area contributed by atoms with Gasteiger partial charge in [0, 0.05) is 5.54 Å². The van der Waals surface area contributed by atoms with Crippen LogP contribution in [0.4, 0.5) is 0 Å². The molecule has 0 aromatic rings. The number of rotatable bonds is 6. The van der Waals surface area contributed by atoms with Gasteiger partial charge in [0.05, 0.1) is 0 Å². The van der Waals surface area contributed by atoms with E-state index in [-0.39, 0.29) is 23.9 Å². The lowest BCUT2D eigenvalue weighted by Gasteiger charge is -2.50. The summed E-state index contributed by atoms with van der Waals surface area (Å²) in [7, 11) is 0. The maximum Gasteiger partial charge on any atom is 0.249 e. The van der Waals surface area contributed by atoms with E-state index in [2.05, 4.69) is 26.1 Å². The van der Waals surface area contributed by atoms with Gasteiger partial charge in [0.15, 0.2) is 0 Å². The van der Waals surface area contributed by atoms with Crippen molar-refractivity contribution < 1.29 is 9.59 Å². The van der Waals surface area contributed by atoms with Crippen LogP contribution in [0.5, 0.6) is 0 Å². The highest BCUT2D eigenvalue weighted by Crippen LogP contribution is 2.33. The second-order valence-corrected chi connectivity index (χ2v) is 5.51. The second kappa shape index (κ2) is 5.93. The molecule has 1 fully saturated rings. The summed E-state index contributed by atoms with van der Waals surface area (Å²) in [5.74, 6) is 0.0747. The third-order valence-electron chi connectivity index (χ3n) is 5.09. The fourth-order valence-electron chi connectivity index (χ4n) is 3.27. The quantitative estimate of drug-likeness (QED) is 0.804. The Kier molecular flexibility index (Phi) is 4.99. The van der Waals surface area contributed by atoms with E-state index >= 15 is 0 Å². The van der Waals surface area contributed by atoms with Gasteiger partial charge in [-0.3, -0.25) is 9.59 Å². The maximum absolute atomic E-state index is 12.9. The predicted molar refractivity (Wildman–Crippen MR) is 76.8 cm³/mol. The molecule has 1 aliphatic heterocycles. The highest BCUT2D eigenvalue weighted by molar-refractivity contribution is 5.98. The van der Waals surface area contributed by atoms with Gasteiger partial charge in [0.1, 0.15) is 12.1 Å². The molecule has 0 aliphatic carbocycles. The minimum absolute atomic E-state index is 0.0250. The molecule has 110 valence electrons. The van der Waals surface area contributed by atoms with Gasteiger partial charge in [0.25, 0.3) is 0 Å². The minimum atomic E-state index is -0.694. The summed E-state index contributed by atoms with van der Waals surface area (Å²) in [6.45, 7) is 10.5. The molecule has 0 bridgehead atoms. The number of amides is 2. The molecule has 0 saturated carbocycles. The Balaban J connectivity index is 3.20. The number of hydrogen-bond donors (Lipinski definition) is 1. The first kappa shape index (κ1) is 16.0. The summed E-state index contributed by atoms with van der Waals surface area (Å²) in [6, 6.07) is 0. The fourth-order valence-corrected chi connectivity index (χ4v) is 3.27. The van der Waals surface area contributed by atoms with Gasteiger partial charge in [-0.25, -0.2) is 0 Å². The first-order valence-corrected chi connectivity index (χ1v) is 7.58. The summed E-state index contributed by atoms with van der Waals surface area (Å²) in [5.41, 5.74) is -0.871. The molecule has 0 unspecified atom stereocenters. The van der Waals surface area contributed by atoms with Gasteiger partial charge in [0.2, 0.25) is 11.8 Å². The van der Waals surface area contributed by atoms with Crippen LogP contribution in [0.3, 0.4) is 0 Å². The minimum Gasteiger partial charge on any atom is -0.340 e. The van der Waals surface area contributed by atoms with Crippen LogP contribution in [0.15, 0.2) is 0 Å². The van der Waals surface area contributed by atoms with E-state index in [9.17, 15) is 9.59 Å². The van der Waals surface area contributed by atoms with Crippen molar-refractivity contribution in [2.75, 3.05) is 6.54 Å². The van der Waals surface area contributed by atoms with Crippen LogP contribution in [-0.4, -0.2) is 34.3 Å². The molecule has 1 aliphatic rings. The Labute approximate surface area is 116 Å². The van der Waals surface area contributed by atoms with Crippen molar-refractivity contribution in [3.63, 3.8) is 0 Å². The van der Waals surface area contributed by atoms with Gasteiger partial charge < -0.3 is 10.2 Å². The van der Waals surface area contributed by atoms with Crippen LogP contribution < -0.4 is 5.32 Å². The van der Waals surface area contributed by atoms with Crippen molar-refractivity contribution in [2.45, 2.75) is 77.8 Å². The van der Waals surface area contributed by atoms with E-state index in [0.717, 1.165) is 19.3 Å². The highest BCUT2D eigenvalue weighted by Gasteiger charge is 2.49. The van der Waals surface area contributed by atoms with Crippen molar-refractivity contribution in [2.24, 2.45) is 0 Å². The van der Waals surface area contributed by atoms with Crippen LogP contribution in [-0.2, 0) is 9.59 Å². The van der Waals surface area contributed by atoms with Crippen LogP contribution >= 0.6 is 0 Å². The van der Waals surface area contributed by atoms with E-state index in [1.165, 1.54) is 0 Å². The van der Waals surface area contributed by atoms with Crippen LogP contribution in [0.25, 0.3) is 0 Å². The van der Waals surface area contributed by atoms with Crippen molar-refractivity contribution >= 4 is 11.8 Å². The summed E-state index contributed by atoms with van der Waals surface area (Å²) >= 11 is 0. The summed E-state index contributed by atoms with van der Waals surface area (Å²) < 4.78 is 0. The van der Waals surface area contributed by atoms with E-state index in [1.54, 1.807) is 0 Å². The Morgan fingerprint density at radius 3 is 1.89 bits per heavy atom. The topological polar surface area (TPSA) is 49.4 Å². The smallest absolute Gasteiger partial charge is 0.249 e. The molecule has 1 N–H and O–H groups in total. The van der Waals surface area contributed by atoms with Crippen molar-refractivity contribution in [3.05, 3.63) is 0 Å². The van der Waals surface area contributed by atoms with Gasteiger partial charge in [-0.1, -0.05) is 34.6 Å². The standard InChI is InChI=1S/C15H28N2O2/c1-6-14(7-2,8-3)17-11-12(18)16-15(9-4,10-5)13(17)19/h6-11H2,1-5H3,(H,16,18). The van der Waals surface area contributed by atoms with E-state index in [4.69, 9.17) is 0 Å². The molecular weight excluding hydrogens is 240 g/mol. The zero-order valence-corrected chi connectivity index (χ0v) is 13.0. The largest absolute Gasteiger partial charge is 0.340 e. The zero-order chi connectivity index (χ0) is 14.7. The third kappa shape index (κ3) is 2.49. The van der Waals surface area contributed by atoms with E-state index < -0.39 is 5.54 Å². The fraction of sp³-hybridized carbons (Fsp3) is 0.867. The summed E-state index contributed by atoms with van der Waals surface area (Å²) in [6.07, 6.45) is 3.98. The number of hydrogen-bond acceptors (Lipinski definition) is 2. The first-order chi connectivity index (χ1) is 8.95. The Morgan fingerprint density at radius 2 is 1.53 bits per heavy atom. The Bertz CT molecular complexity index is 336. The molecule has 1 heterocycles. The normalized spacial score (nSPS) is 19.5. The lowest BCUT2D eigenvalue weighted by molar-refractivity contribution is -0.158. The van der Waals surface area contributed by atoms with Gasteiger partial charge in [-0.2, -0.15) is 0 Å². The third-order valence-corrected chi connectivity index (χ3v) is 5.09. The molecule has 0 atom stereocenters. The monoisotopic (exact) mass is 268 g/mol. The molecule has 0 radical (unpaired) electrons. The molecule has 0 spiro atoms. The Hall–Kier alpha value is -1.06. The molecule has 19 heavy (non-hydrogen) atoms. The number of piperazine rings is 1. The average Bonchev–Trinajstić information content (AvgIpc) is 2.44. The van der Waals surface area contributed by atoms with Crippen LogP contribution in [0, 0.1) is 0 Å². The van der Waals surface area contributed by atoms with Gasteiger partial charge >= 0.3 is 0 Å². The zero-order valence-electron chi connectivity index (χ0n) is 13.0. The average molecular weight is 268 g/mol. The molecule has 1 rings (SSSR count). The van der Waals surface area contributed by atoms with Gasteiger partial charge in [-0.05, 0) is 32.1 Å². The SMILES string of the molecule is CCC1(CC)NC(=O)CN(C(CC)(CC)CC)C1=O. The lowest BCUT2D eigenvalue weighted by Crippen LogP contribution is -2.70. The van der Waals surface area contributed by atoms with Gasteiger partial charge in [-0.15, -0.1) is 0 Å². The number of nitrogens with one attached hydrogen (secondary N) is 1. The van der Waals surface area contributed by atoms with Crippen molar-refractivity contribution in [1.82, 2.24) is 10.2 Å². The number of carbonyl (C=O) groups is 2. The molecule has 0 aromatic heterocycles. The molecule has 2 amide bonds. The lowest BCUT2D eigenvalue weighted by atomic mass is 9.82. The highest BCUT2D eigenvalue weighted by atomic mass is 16.2. The van der Waals surface area contributed by atoms with Crippen molar-refractivity contribution in [3.8, 4) is 0 Å². The van der Waals surface area contributed by atoms with E-state index in [0.29, 0.717) is 12.8 Å². The van der Waals surface area contributed by atoms with Crippen LogP contribution in [0.1, 0.15) is 66.7 Å². The summed E-state index contributed by atoms with van der Waals surface area (Å²) in [5, 5.41) is 2.92. The molecule has 1 saturated heterocycles. The Morgan fingerprint density at radius 1 is 1.05 bits per heavy atom. The number of carbonyl (C=O) groups excluding carboxylic acids is 2. The maximum atomic E-state index is 12.9. The first-order valence-electron chi connectivity index (χ1n) is 7.58.